The van der Waals surface area contributed by atoms with Gasteiger partial charge in [0.05, 0.1) is 25.4 Å². The molecule has 26 heavy (non-hydrogen) atoms. The van der Waals surface area contributed by atoms with E-state index < -0.39 is 0 Å². The van der Waals surface area contributed by atoms with Crippen LogP contribution in [0, 0.1) is 0 Å². The predicted octanol–water partition coefficient (Wildman–Crippen LogP) is 1.33. The molecule has 0 radical (unpaired) electrons. The van der Waals surface area contributed by atoms with Gasteiger partial charge in [-0.3, -0.25) is 9.48 Å². The SMILES string of the molecule is O=C(COc1ccc2c(c1)CCC2)N1CCC[C@H]1Cn1cc(CO)nn1. The van der Waals surface area contributed by atoms with Crippen molar-refractivity contribution in [3.05, 3.63) is 41.2 Å². The summed E-state index contributed by atoms with van der Waals surface area (Å²) in [6.07, 6.45) is 7.10. The molecule has 1 aromatic carbocycles. The lowest BCUT2D eigenvalue weighted by Gasteiger charge is -2.24. The van der Waals surface area contributed by atoms with E-state index in [0.717, 1.165) is 38.0 Å². The number of hydrogen-bond acceptors (Lipinski definition) is 5. The fourth-order valence-electron chi connectivity index (χ4n) is 3.94. The van der Waals surface area contributed by atoms with Crippen LogP contribution >= 0.6 is 0 Å². The average Bonchev–Trinajstić information content (AvgIpc) is 3.40. The number of aromatic nitrogens is 3. The van der Waals surface area contributed by atoms with Gasteiger partial charge in [-0.25, -0.2) is 0 Å². The largest absolute Gasteiger partial charge is 0.484 e. The van der Waals surface area contributed by atoms with Crippen LogP contribution in [-0.2, 0) is 30.8 Å². The topological polar surface area (TPSA) is 80.5 Å². The van der Waals surface area contributed by atoms with Crippen LogP contribution in [0.15, 0.2) is 24.4 Å². The lowest BCUT2D eigenvalue weighted by atomic mass is 10.1. The van der Waals surface area contributed by atoms with E-state index in [2.05, 4.69) is 22.4 Å². The summed E-state index contributed by atoms with van der Waals surface area (Å²) >= 11 is 0. The number of carbonyl (C=O) groups excluding carboxylic acids is 1. The first kappa shape index (κ1) is 17.0. The molecule has 2 aliphatic rings. The number of rotatable bonds is 6. The molecule has 1 fully saturated rings. The number of amides is 1. The number of carbonyl (C=O) groups is 1. The molecular weight excluding hydrogens is 332 g/mol. The molecule has 4 rings (SSSR count). The first-order valence-corrected chi connectivity index (χ1v) is 9.27. The Morgan fingerprint density at radius 3 is 3.00 bits per heavy atom. The van der Waals surface area contributed by atoms with Crippen molar-refractivity contribution in [1.29, 1.82) is 0 Å². The van der Waals surface area contributed by atoms with Crippen molar-refractivity contribution in [1.82, 2.24) is 19.9 Å². The molecule has 1 saturated heterocycles. The zero-order valence-corrected chi connectivity index (χ0v) is 14.8. The summed E-state index contributed by atoms with van der Waals surface area (Å²) < 4.78 is 7.46. The van der Waals surface area contributed by atoms with Gasteiger partial charge in [0.25, 0.3) is 5.91 Å². The highest BCUT2D eigenvalue weighted by Crippen LogP contribution is 2.26. The van der Waals surface area contributed by atoms with Crippen molar-refractivity contribution >= 4 is 5.91 Å². The van der Waals surface area contributed by atoms with E-state index in [-0.39, 0.29) is 25.2 Å². The molecule has 1 amide bonds. The van der Waals surface area contributed by atoms with Gasteiger partial charge in [0.15, 0.2) is 6.61 Å². The van der Waals surface area contributed by atoms with E-state index in [0.29, 0.717) is 12.2 Å². The molecule has 1 atom stereocenters. The minimum absolute atomic E-state index is 0.00972. The van der Waals surface area contributed by atoms with E-state index >= 15 is 0 Å². The van der Waals surface area contributed by atoms with Crippen LogP contribution in [0.4, 0.5) is 0 Å². The molecule has 1 N–H and O–H groups in total. The van der Waals surface area contributed by atoms with Gasteiger partial charge < -0.3 is 14.7 Å². The maximum Gasteiger partial charge on any atom is 0.260 e. The number of ether oxygens (including phenoxy) is 1. The summed E-state index contributed by atoms with van der Waals surface area (Å²) in [6, 6.07) is 6.25. The van der Waals surface area contributed by atoms with Crippen molar-refractivity contribution in [2.45, 2.75) is 51.3 Å². The van der Waals surface area contributed by atoms with E-state index in [1.54, 1.807) is 10.9 Å². The normalized spacial score (nSPS) is 19.0. The number of benzene rings is 1. The molecule has 2 aromatic rings. The number of hydrogen-bond donors (Lipinski definition) is 1. The van der Waals surface area contributed by atoms with E-state index in [9.17, 15) is 4.79 Å². The lowest BCUT2D eigenvalue weighted by Crippen LogP contribution is -2.40. The molecule has 0 bridgehead atoms. The van der Waals surface area contributed by atoms with Crippen LogP contribution in [0.1, 0.15) is 36.1 Å². The van der Waals surface area contributed by atoms with Crippen molar-refractivity contribution in [2.75, 3.05) is 13.2 Å². The van der Waals surface area contributed by atoms with Crippen molar-refractivity contribution in [3.8, 4) is 5.75 Å². The van der Waals surface area contributed by atoms with Crippen LogP contribution in [0.2, 0.25) is 0 Å². The second-order valence-electron chi connectivity index (χ2n) is 7.05. The lowest BCUT2D eigenvalue weighted by molar-refractivity contribution is -0.134. The first-order chi connectivity index (χ1) is 12.7. The average molecular weight is 356 g/mol. The number of aryl methyl sites for hydroxylation is 2. The number of aliphatic hydroxyl groups is 1. The maximum absolute atomic E-state index is 12.6. The van der Waals surface area contributed by atoms with Crippen LogP contribution in [0.5, 0.6) is 5.75 Å². The van der Waals surface area contributed by atoms with Gasteiger partial charge in [0, 0.05) is 6.54 Å². The van der Waals surface area contributed by atoms with Gasteiger partial charge in [0.1, 0.15) is 11.4 Å². The molecule has 0 unspecified atom stereocenters. The van der Waals surface area contributed by atoms with Crippen LogP contribution in [0.25, 0.3) is 0 Å². The molecule has 1 aliphatic heterocycles. The van der Waals surface area contributed by atoms with Gasteiger partial charge in [-0.05, 0) is 55.4 Å². The first-order valence-electron chi connectivity index (χ1n) is 9.27. The van der Waals surface area contributed by atoms with Gasteiger partial charge in [-0.1, -0.05) is 11.3 Å². The van der Waals surface area contributed by atoms with E-state index in [1.165, 1.54) is 17.5 Å². The summed E-state index contributed by atoms with van der Waals surface area (Å²) in [6.45, 7) is 1.28. The number of likely N-dealkylation sites (tertiary alicyclic amines) is 1. The highest BCUT2D eigenvalue weighted by molar-refractivity contribution is 5.78. The molecule has 7 nitrogen and oxygen atoms in total. The molecule has 7 heteroatoms. The molecule has 1 aliphatic carbocycles. The zero-order chi connectivity index (χ0) is 17.9. The summed E-state index contributed by atoms with van der Waals surface area (Å²) in [5.41, 5.74) is 3.29. The Labute approximate surface area is 152 Å². The van der Waals surface area contributed by atoms with E-state index in [1.807, 2.05) is 11.0 Å². The molecule has 2 heterocycles. The third-order valence-corrected chi connectivity index (χ3v) is 5.28. The maximum atomic E-state index is 12.6. The fraction of sp³-hybridized carbons (Fsp3) is 0.526. The summed E-state index contributed by atoms with van der Waals surface area (Å²) in [7, 11) is 0. The minimum atomic E-state index is -0.123. The second kappa shape index (κ2) is 7.45. The van der Waals surface area contributed by atoms with Crippen molar-refractivity contribution in [3.63, 3.8) is 0 Å². The third-order valence-electron chi connectivity index (χ3n) is 5.28. The van der Waals surface area contributed by atoms with Gasteiger partial charge in [-0.2, -0.15) is 0 Å². The number of fused-ring (bicyclic) bond motifs is 1. The van der Waals surface area contributed by atoms with Crippen LogP contribution in [-0.4, -0.2) is 50.1 Å². The number of aliphatic hydroxyl groups excluding tert-OH is 1. The highest BCUT2D eigenvalue weighted by atomic mass is 16.5. The monoisotopic (exact) mass is 356 g/mol. The van der Waals surface area contributed by atoms with Gasteiger partial charge in [0.2, 0.25) is 0 Å². The van der Waals surface area contributed by atoms with E-state index in [4.69, 9.17) is 9.84 Å². The molecule has 138 valence electrons. The van der Waals surface area contributed by atoms with Crippen molar-refractivity contribution in [2.24, 2.45) is 0 Å². The molecule has 1 aromatic heterocycles. The Hall–Kier alpha value is -2.41. The quantitative estimate of drug-likeness (QED) is 0.845. The predicted molar refractivity (Wildman–Crippen MR) is 94.6 cm³/mol. The summed E-state index contributed by atoms with van der Waals surface area (Å²) in [4.78, 5) is 14.5. The van der Waals surface area contributed by atoms with Crippen molar-refractivity contribution < 1.29 is 14.6 Å². The molecule has 0 saturated carbocycles. The Balaban J connectivity index is 1.34. The number of nitrogens with zero attached hydrogens (tertiary/aromatic N) is 4. The third kappa shape index (κ3) is 3.58. The van der Waals surface area contributed by atoms with Crippen LogP contribution in [0.3, 0.4) is 0 Å². The van der Waals surface area contributed by atoms with Gasteiger partial charge in [-0.15, -0.1) is 5.10 Å². The molecular formula is C19H24N4O3. The molecule has 0 spiro atoms. The fourth-order valence-corrected chi connectivity index (χ4v) is 3.94. The second-order valence-corrected chi connectivity index (χ2v) is 7.05. The Kier molecular flexibility index (Phi) is 4.88. The Bertz CT molecular complexity index is 789. The Morgan fingerprint density at radius 1 is 1.27 bits per heavy atom. The standard InChI is InChI=1S/C19H24N4O3/c24-12-16-10-22(21-20-16)11-17-5-2-8-23(17)19(25)13-26-18-7-6-14-3-1-4-15(14)9-18/h6-7,9-10,17,24H,1-5,8,11-13H2/t17-/m0/s1. The summed E-state index contributed by atoms with van der Waals surface area (Å²) in [5, 5.41) is 17.0. The van der Waals surface area contributed by atoms with Gasteiger partial charge >= 0.3 is 0 Å². The smallest absolute Gasteiger partial charge is 0.260 e. The minimum Gasteiger partial charge on any atom is -0.484 e. The summed E-state index contributed by atoms with van der Waals surface area (Å²) in [5.74, 6) is 0.786. The Morgan fingerprint density at radius 2 is 2.15 bits per heavy atom. The zero-order valence-electron chi connectivity index (χ0n) is 14.8. The van der Waals surface area contributed by atoms with Crippen LogP contribution < -0.4 is 4.74 Å². The highest BCUT2D eigenvalue weighted by Gasteiger charge is 2.29.